The van der Waals surface area contributed by atoms with Gasteiger partial charge in [0.25, 0.3) is 0 Å². The summed E-state index contributed by atoms with van der Waals surface area (Å²) in [6, 6.07) is 26.4. The van der Waals surface area contributed by atoms with E-state index < -0.39 is 0 Å². The van der Waals surface area contributed by atoms with E-state index in [1.165, 1.54) is 3.57 Å². The van der Waals surface area contributed by atoms with Gasteiger partial charge in [0.15, 0.2) is 0 Å². The molecule has 4 heteroatoms. The number of hydrogen-bond acceptors (Lipinski definition) is 1. The lowest BCUT2D eigenvalue weighted by Gasteiger charge is -2.03. The minimum Gasteiger partial charge on any atom is -0.337 e. The van der Waals surface area contributed by atoms with Crippen LogP contribution >= 0.6 is 34.2 Å². The van der Waals surface area contributed by atoms with Gasteiger partial charge in [-0.3, -0.25) is 0 Å². The highest BCUT2D eigenvalue weighted by atomic mass is 127. The number of imidazole rings is 1. The highest BCUT2D eigenvalue weighted by Gasteiger charge is 2.15. The minimum atomic E-state index is 0.704. The monoisotopic (exact) mass is 456 g/mol. The maximum atomic E-state index is 6.20. The van der Waals surface area contributed by atoms with Gasteiger partial charge < -0.3 is 4.98 Å². The van der Waals surface area contributed by atoms with E-state index in [2.05, 4.69) is 57.9 Å². The molecule has 3 aromatic carbocycles. The molecular formula is C21H14ClIN2. The summed E-state index contributed by atoms with van der Waals surface area (Å²) in [5, 5.41) is 0.704. The van der Waals surface area contributed by atoms with E-state index in [-0.39, 0.29) is 0 Å². The molecule has 4 rings (SSSR count). The van der Waals surface area contributed by atoms with Crippen molar-refractivity contribution in [2.45, 2.75) is 0 Å². The van der Waals surface area contributed by atoms with Gasteiger partial charge in [-0.15, -0.1) is 0 Å². The second kappa shape index (κ2) is 7.02. The lowest BCUT2D eigenvalue weighted by molar-refractivity contribution is 1.31. The van der Waals surface area contributed by atoms with Crippen LogP contribution < -0.4 is 0 Å². The molecule has 0 fully saturated rings. The van der Waals surface area contributed by atoms with Gasteiger partial charge in [0.1, 0.15) is 5.82 Å². The summed E-state index contributed by atoms with van der Waals surface area (Å²) in [6.07, 6.45) is 0. The molecule has 2 nitrogen and oxygen atoms in total. The Morgan fingerprint density at radius 1 is 0.760 bits per heavy atom. The Labute approximate surface area is 165 Å². The van der Waals surface area contributed by atoms with Crippen LogP contribution in [-0.2, 0) is 0 Å². The molecule has 25 heavy (non-hydrogen) atoms. The Hall–Kier alpha value is -2.11. The van der Waals surface area contributed by atoms with Crippen LogP contribution in [0, 0.1) is 3.57 Å². The lowest BCUT2D eigenvalue weighted by Crippen LogP contribution is -1.83. The third kappa shape index (κ3) is 3.48. The molecule has 0 spiro atoms. The van der Waals surface area contributed by atoms with Crippen LogP contribution in [-0.4, -0.2) is 9.97 Å². The first-order valence-electron chi connectivity index (χ1n) is 7.88. The predicted octanol–water partition coefficient (Wildman–Crippen LogP) is 6.67. The molecule has 0 amide bonds. The highest BCUT2D eigenvalue weighted by Crippen LogP contribution is 2.34. The van der Waals surface area contributed by atoms with E-state index in [0.29, 0.717) is 5.02 Å². The number of aromatic nitrogens is 2. The van der Waals surface area contributed by atoms with Crippen LogP contribution in [0.4, 0.5) is 0 Å². The Morgan fingerprint density at radius 2 is 1.48 bits per heavy atom. The minimum absolute atomic E-state index is 0.704. The van der Waals surface area contributed by atoms with E-state index in [1.807, 2.05) is 48.5 Å². The third-order valence-electron chi connectivity index (χ3n) is 3.96. The average Bonchev–Trinajstić information content (AvgIpc) is 3.08. The highest BCUT2D eigenvalue weighted by molar-refractivity contribution is 14.1. The fourth-order valence-electron chi connectivity index (χ4n) is 2.80. The Bertz CT molecular complexity index is 1030. The quantitative estimate of drug-likeness (QED) is 0.343. The zero-order chi connectivity index (χ0) is 17.2. The van der Waals surface area contributed by atoms with Crippen molar-refractivity contribution in [2.24, 2.45) is 0 Å². The predicted molar refractivity (Wildman–Crippen MR) is 113 cm³/mol. The van der Waals surface area contributed by atoms with Crippen LogP contribution in [0.25, 0.3) is 33.9 Å². The molecule has 0 bridgehead atoms. The summed E-state index contributed by atoms with van der Waals surface area (Å²) in [4.78, 5) is 8.39. The molecule has 0 saturated carbocycles. The first-order chi connectivity index (χ1) is 12.2. The molecule has 0 radical (unpaired) electrons. The standard InChI is InChI=1S/C21H14ClIN2/c22-17-10-4-8-15(12-17)20-19(14-6-2-1-3-7-14)24-21(25-20)16-9-5-11-18(23)13-16/h1-13H,(H,24,25). The Balaban J connectivity index is 1.92. The number of halogens is 2. The maximum absolute atomic E-state index is 6.20. The van der Waals surface area contributed by atoms with Crippen LogP contribution in [0.15, 0.2) is 78.9 Å². The molecule has 4 aromatic rings. The smallest absolute Gasteiger partial charge is 0.138 e. The number of nitrogens with one attached hydrogen (secondary N) is 1. The fraction of sp³-hybridized carbons (Fsp3) is 0. The summed E-state index contributed by atoms with van der Waals surface area (Å²) in [5.41, 5.74) is 5.07. The van der Waals surface area contributed by atoms with Crippen LogP contribution in [0.3, 0.4) is 0 Å². The largest absolute Gasteiger partial charge is 0.337 e. The summed E-state index contributed by atoms with van der Waals surface area (Å²) < 4.78 is 1.18. The van der Waals surface area contributed by atoms with Gasteiger partial charge in [-0.05, 0) is 46.9 Å². The van der Waals surface area contributed by atoms with Crippen molar-refractivity contribution in [3.8, 4) is 33.9 Å². The molecule has 0 saturated heterocycles. The van der Waals surface area contributed by atoms with Gasteiger partial charge in [0, 0.05) is 25.3 Å². The molecule has 1 heterocycles. The molecule has 0 aliphatic rings. The number of rotatable bonds is 3. The fourth-order valence-corrected chi connectivity index (χ4v) is 3.54. The zero-order valence-corrected chi connectivity index (χ0v) is 16.1. The molecule has 1 aromatic heterocycles. The number of H-pyrrole nitrogens is 1. The molecule has 0 atom stereocenters. The van der Waals surface area contributed by atoms with Crippen molar-refractivity contribution in [1.29, 1.82) is 0 Å². The van der Waals surface area contributed by atoms with Gasteiger partial charge in [-0.1, -0.05) is 66.2 Å². The van der Waals surface area contributed by atoms with E-state index in [1.54, 1.807) is 0 Å². The van der Waals surface area contributed by atoms with Crippen LogP contribution in [0.2, 0.25) is 5.02 Å². The lowest BCUT2D eigenvalue weighted by atomic mass is 10.1. The normalized spacial score (nSPS) is 10.8. The SMILES string of the molecule is Clc1cccc(-c2nc(-c3cccc(I)c3)[nH]c2-c2ccccc2)c1. The number of nitrogens with zero attached hydrogens (tertiary/aromatic N) is 1. The van der Waals surface area contributed by atoms with E-state index in [4.69, 9.17) is 16.6 Å². The summed E-state index contributed by atoms with van der Waals surface area (Å²) >= 11 is 8.51. The maximum Gasteiger partial charge on any atom is 0.138 e. The van der Waals surface area contributed by atoms with E-state index in [9.17, 15) is 0 Å². The average molecular weight is 457 g/mol. The zero-order valence-electron chi connectivity index (χ0n) is 13.2. The first-order valence-corrected chi connectivity index (χ1v) is 9.34. The van der Waals surface area contributed by atoms with Crippen molar-refractivity contribution >= 4 is 34.2 Å². The van der Waals surface area contributed by atoms with Crippen molar-refractivity contribution in [1.82, 2.24) is 9.97 Å². The Kier molecular flexibility index (Phi) is 4.59. The molecule has 0 aliphatic heterocycles. The van der Waals surface area contributed by atoms with E-state index in [0.717, 1.165) is 33.9 Å². The third-order valence-corrected chi connectivity index (χ3v) is 4.87. The molecular weight excluding hydrogens is 443 g/mol. The topological polar surface area (TPSA) is 28.7 Å². The summed E-state index contributed by atoms with van der Waals surface area (Å²) in [6.45, 7) is 0. The molecule has 1 N–H and O–H groups in total. The van der Waals surface area contributed by atoms with Crippen LogP contribution in [0.1, 0.15) is 0 Å². The van der Waals surface area contributed by atoms with Crippen LogP contribution in [0.5, 0.6) is 0 Å². The second-order valence-corrected chi connectivity index (χ2v) is 7.38. The first kappa shape index (κ1) is 16.4. The number of aromatic amines is 1. The van der Waals surface area contributed by atoms with Gasteiger partial charge in [0.05, 0.1) is 11.4 Å². The van der Waals surface area contributed by atoms with Crippen molar-refractivity contribution < 1.29 is 0 Å². The van der Waals surface area contributed by atoms with Crippen molar-refractivity contribution in [2.75, 3.05) is 0 Å². The van der Waals surface area contributed by atoms with Gasteiger partial charge in [-0.25, -0.2) is 4.98 Å². The summed E-state index contributed by atoms with van der Waals surface area (Å²) in [5.74, 6) is 0.854. The molecule has 0 aliphatic carbocycles. The number of hydrogen-bond donors (Lipinski definition) is 1. The van der Waals surface area contributed by atoms with E-state index >= 15 is 0 Å². The van der Waals surface area contributed by atoms with Crippen molar-refractivity contribution in [3.05, 3.63) is 87.5 Å². The summed E-state index contributed by atoms with van der Waals surface area (Å²) in [7, 11) is 0. The molecule has 0 unspecified atom stereocenters. The van der Waals surface area contributed by atoms with Gasteiger partial charge >= 0.3 is 0 Å². The molecule has 122 valence electrons. The van der Waals surface area contributed by atoms with Crippen molar-refractivity contribution in [3.63, 3.8) is 0 Å². The van der Waals surface area contributed by atoms with Gasteiger partial charge in [0.2, 0.25) is 0 Å². The Morgan fingerprint density at radius 3 is 2.24 bits per heavy atom. The number of benzene rings is 3. The second-order valence-electron chi connectivity index (χ2n) is 5.70. The van der Waals surface area contributed by atoms with Gasteiger partial charge in [-0.2, -0.15) is 0 Å².